The van der Waals surface area contributed by atoms with Gasteiger partial charge in [0.15, 0.2) is 0 Å². The molecule has 0 aromatic rings. The lowest BCUT2D eigenvalue weighted by molar-refractivity contribution is 0.0274. The van der Waals surface area contributed by atoms with Crippen LogP contribution in [0, 0.1) is 0 Å². The van der Waals surface area contributed by atoms with Crippen molar-refractivity contribution in [1.29, 1.82) is 0 Å². The molecule has 4 heteroatoms. The van der Waals surface area contributed by atoms with E-state index in [0.717, 1.165) is 0 Å². The molecule has 0 aromatic heterocycles. The molecule has 0 aliphatic rings. The van der Waals surface area contributed by atoms with Crippen LogP contribution in [-0.2, 0) is 4.74 Å². The van der Waals surface area contributed by atoms with Gasteiger partial charge in [0.25, 0.3) is 0 Å². The van der Waals surface area contributed by atoms with Crippen molar-refractivity contribution in [3.05, 3.63) is 24.8 Å². The van der Waals surface area contributed by atoms with Gasteiger partial charge in [-0.25, -0.2) is 4.79 Å². The molecule has 4 nitrogen and oxygen atoms in total. The normalized spacial score (nSPS) is 11.5. The van der Waals surface area contributed by atoms with Crippen LogP contribution in [0.25, 0.3) is 0 Å². The van der Waals surface area contributed by atoms with Crippen molar-refractivity contribution < 1.29 is 14.6 Å². The molecule has 0 bridgehead atoms. The average Bonchev–Trinajstić information content (AvgIpc) is 2.20. The third kappa shape index (κ3) is 8.51. The summed E-state index contributed by atoms with van der Waals surface area (Å²) in [6.45, 7) is 10.1. The minimum atomic E-state index is -0.496. The second kappa shape index (κ2) is 7.90. The Balaban J connectivity index is 4.38. The van der Waals surface area contributed by atoms with E-state index in [2.05, 4.69) is 6.58 Å². The highest BCUT2D eigenvalue weighted by Crippen LogP contribution is 2.10. The summed E-state index contributed by atoms with van der Waals surface area (Å²) in [5.74, 6) is 0. The van der Waals surface area contributed by atoms with Gasteiger partial charge in [-0.3, -0.25) is 0 Å². The molecule has 0 heterocycles. The number of hydrogen-bond acceptors (Lipinski definition) is 3. The number of carbonyl (C=O) groups excluding carboxylic acids is 1. The van der Waals surface area contributed by atoms with Crippen LogP contribution in [0.4, 0.5) is 4.79 Å². The molecule has 0 radical (unpaired) electrons. The van der Waals surface area contributed by atoms with Gasteiger partial charge in [-0.15, -0.1) is 6.58 Å². The Morgan fingerprint density at radius 3 is 2.53 bits per heavy atom. The fourth-order valence-corrected chi connectivity index (χ4v) is 1.11. The van der Waals surface area contributed by atoms with Crippen LogP contribution >= 0.6 is 0 Å². The topological polar surface area (TPSA) is 49.8 Å². The summed E-state index contributed by atoms with van der Waals surface area (Å²) in [7, 11) is 0. The van der Waals surface area contributed by atoms with Gasteiger partial charge < -0.3 is 14.7 Å². The smallest absolute Gasteiger partial charge is 0.410 e. The summed E-state index contributed by atoms with van der Waals surface area (Å²) in [5, 5.41) is 8.64. The summed E-state index contributed by atoms with van der Waals surface area (Å²) in [5.41, 5.74) is -0.496. The van der Waals surface area contributed by atoms with E-state index in [-0.39, 0.29) is 12.7 Å². The molecular weight excluding hydrogens is 218 g/mol. The molecule has 98 valence electrons. The zero-order valence-electron chi connectivity index (χ0n) is 11.0. The Morgan fingerprint density at radius 1 is 1.41 bits per heavy atom. The summed E-state index contributed by atoms with van der Waals surface area (Å²) >= 11 is 0. The quantitative estimate of drug-likeness (QED) is 0.726. The van der Waals surface area contributed by atoms with Crippen LogP contribution in [0.15, 0.2) is 24.8 Å². The molecule has 0 rings (SSSR count). The first-order valence-electron chi connectivity index (χ1n) is 5.75. The SMILES string of the molecule is C=CCCN(C/C=C/CO)C(=O)OC(C)(C)C. The minimum absolute atomic E-state index is 0.0242. The van der Waals surface area contributed by atoms with Gasteiger partial charge >= 0.3 is 6.09 Å². The molecule has 1 N–H and O–H groups in total. The number of aliphatic hydroxyl groups is 1. The lowest BCUT2D eigenvalue weighted by Gasteiger charge is -2.26. The van der Waals surface area contributed by atoms with Gasteiger partial charge in [0.2, 0.25) is 0 Å². The fourth-order valence-electron chi connectivity index (χ4n) is 1.11. The predicted molar refractivity (Wildman–Crippen MR) is 68.8 cm³/mol. The van der Waals surface area contributed by atoms with Crippen LogP contribution < -0.4 is 0 Å². The Kier molecular flexibility index (Phi) is 7.30. The fraction of sp³-hybridized carbons (Fsp3) is 0.615. The van der Waals surface area contributed by atoms with Crippen molar-refractivity contribution in [3.8, 4) is 0 Å². The number of aliphatic hydroxyl groups excluding tert-OH is 1. The van der Waals surface area contributed by atoms with Crippen LogP contribution in [0.5, 0.6) is 0 Å². The van der Waals surface area contributed by atoms with Crippen molar-refractivity contribution >= 4 is 6.09 Å². The molecule has 0 spiro atoms. The first kappa shape index (κ1) is 15.7. The zero-order chi connectivity index (χ0) is 13.3. The molecule has 0 saturated carbocycles. The summed E-state index contributed by atoms with van der Waals surface area (Å²) in [4.78, 5) is 13.4. The monoisotopic (exact) mass is 241 g/mol. The molecule has 0 aliphatic heterocycles. The molecule has 0 unspecified atom stereocenters. The number of rotatable bonds is 6. The number of hydrogen-bond donors (Lipinski definition) is 1. The van der Waals surface area contributed by atoms with Gasteiger partial charge in [-0.2, -0.15) is 0 Å². The second-order valence-corrected chi connectivity index (χ2v) is 4.66. The second-order valence-electron chi connectivity index (χ2n) is 4.66. The third-order valence-corrected chi connectivity index (χ3v) is 1.85. The van der Waals surface area contributed by atoms with E-state index in [1.54, 1.807) is 23.1 Å². The number of amides is 1. The average molecular weight is 241 g/mol. The van der Waals surface area contributed by atoms with Crippen LogP contribution in [0.3, 0.4) is 0 Å². The highest BCUT2D eigenvalue weighted by atomic mass is 16.6. The highest BCUT2D eigenvalue weighted by molar-refractivity contribution is 5.68. The maximum atomic E-state index is 11.8. The largest absolute Gasteiger partial charge is 0.444 e. The van der Waals surface area contributed by atoms with Crippen molar-refractivity contribution in [2.45, 2.75) is 32.8 Å². The summed E-state index contributed by atoms with van der Waals surface area (Å²) in [6.07, 6.45) is 5.47. The van der Waals surface area contributed by atoms with Crippen molar-refractivity contribution in [2.24, 2.45) is 0 Å². The Labute approximate surface area is 104 Å². The van der Waals surface area contributed by atoms with Crippen molar-refractivity contribution in [2.75, 3.05) is 19.7 Å². The molecule has 17 heavy (non-hydrogen) atoms. The van der Waals surface area contributed by atoms with Crippen molar-refractivity contribution in [1.82, 2.24) is 4.90 Å². The molecule has 0 fully saturated rings. The maximum Gasteiger partial charge on any atom is 0.410 e. The lowest BCUT2D eigenvalue weighted by Crippen LogP contribution is -2.37. The molecule has 1 amide bonds. The van der Waals surface area contributed by atoms with E-state index < -0.39 is 5.60 Å². The summed E-state index contributed by atoms with van der Waals surface area (Å²) in [6, 6.07) is 0. The molecule has 0 aromatic carbocycles. The Bertz CT molecular complexity index is 266. The molecular formula is C13H23NO3. The molecule has 0 atom stereocenters. The first-order valence-corrected chi connectivity index (χ1v) is 5.75. The van der Waals surface area contributed by atoms with E-state index in [4.69, 9.17) is 9.84 Å². The number of carbonyl (C=O) groups is 1. The van der Waals surface area contributed by atoms with Gasteiger partial charge in [0.1, 0.15) is 5.60 Å². The zero-order valence-corrected chi connectivity index (χ0v) is 11.0. The maximum absolute atomic E-state index is 11.8. The lowest BCUT2D eigenvalue weighted by atomic mass is 10.2. The van der Waals surface area contributed by atoms with E-state index in [1.807, 2.05) is 20.8 Å². The van der Waals surface area contributed by atoms with Gasteiger partial charge in [0, 0.05) is 13.1 Å². The number of nitrogens with zero attached hydrogens (tertiary/aromatic N) is 1. The highest BCUT2D eigenvalue weighted by Gasteiger charge is 2.20. The van der Waals surface area contributed by atoms with Gasteiger partial charge in [-0.05, 0) is 27.2 Å². The minimum Gasteiger partial charge on any atom is -0.444 e. The van der Waals surface area contributed by atoms with E-state index in [1.165, 1.54) is 0 Å². The van der Waals surface area contributed by atoms with E-state index in [0.29, 0.717) is 19.5 Å². The van der Waals surface area contributed by atoms with Crippen LogP contribution in [0.1, 0.15) is 27.2 Å². The third-order valence-electron chi connectivity index (χ3n) is 1.85. The number of ether oxygens (including phenoxy) is 1. The van der Waals surface area contributed by atoms with Crippen molar-refractivity contribution in [3.63, 3.8) is 0 Å². The van der Waals surface area contributed by atoms with Crippen LogP contribution in [0.2, 0.25) is 0 Å². The van der Waals surface area contributed by atoms with E-state index in [9.17, 15) is 4.79 Å². The Morgan fingerprint density at radius 2 is 2.06 bits per heavy atom. The van der Waals surface area contributed by atoms with Gasteiger partial charge in [0.05, 0.1) is 6.61 Å². The first-order chi connectivity index (χ1) is 7.90. The molecule has 0 saturated heterocycles. The van der Waals surface area contributed by atoms with Gasteiger partial charge in [-0.1, -0.05) is 18.2 Å². The molecule has 0 aliphatic carbocycles. The standard InChI is InChI=1S/C13H23NO3/c1-5-6-9-14(10-7-8-11-15)12(16)17-13(2,3)4/h5,7-8,15H,1,6,9-11H2,2-4H3/b8-7+. The van der Waals surface area contributed by atoms with Crippen LogP contribution in [-0.4, -0.2) is 41.4 Å². The Hall–Kier alpha value is -1.29. The van der Waals surface area contributed by atoms with E-state index >= 15 is 0 Å². The summed E-state index contributed by atoms with van der Waals surface area (Å²) < 4.78 is 5.28. The predicted octanol–water partition coefficient (Wildman–Crippen LogP) is 2.35.